The molecule has 1 saturated heterocycles. The predicted molar refractivity (Wildman–Crippen MR) is 79.2 cm³/mol. The molecular formula is C16H24N2O2. The van der Waals surface area contributed by atoms with Crippen LogP contribution in [-0.2, 0) is 11.3 Å². The standard InChI is InChI=1S/C16H24N2O2/c19-11-5-4-8-16(20)17-15-9-10-18(13-15)12-14-6-2-1-3-7-14/h1-3,6-7,15,19H,4-5,8-13H2,(H,17,20). The molecule has 1 aromatic rings. The Morgan fingerprint density at radius 2 is 2.10 bits per heavy atom. The van der Waals surface area contributed by atoms with Crippen molar-refractivity contribution in [1.82, 2.24) is 10.2 Å². The topological polar surface area (TPSA) is 52.6 Å². The Morgan fingerprint density at radius 3 is 2.85 bits per heavy atom. The summed E-state index contributed by atoms with van der Waals surface area (Å²) in [4.78, 5) is 14.1. The second-order valence-electron chi connectivity index (χ2n) is 5.45. The van der Waals surface area contributed by atoms with Crippen LogP contribution in [0.2, 0.25) is 0 Å². The van der Waals surface area contributed by atoms with Crippen LogP contribution < -0.4 is 5.32 Å². The number of aliphatic hydroxyl groups is 1. The van der Waals surface area contributed by atoms with Gasteiger partial charge in [0, 0.05) is 38.7 Å². The third-order valence-electron chi connectivity index (χ3n) is 3.70. The van der Waals surface area contributed by atoms with E-state index in [1.807, 2.05) is 6.07 Å². The highest BCUT2D eigenvalue weighted by atomic mass is 16.3. The van der Waals surface area contributed by atoms with Crippen LogP contribution in [0.3, 0.4) is 0 Å². The summed E-state index contributed by atoms with van der Waals surface area (Å²) in [5.74, 6) is 0.116. The molecule has 0 radical (unpaired) electrons. The zero-order valence-corrected chi connectivity index (χ0v) is 11.9. The van der Waals surface area contributed by atoms with Gasteiger partial charge in [0.15, 0.2) is 0 Å². The first-order chi connectivity index (χ1) is 9.78. The molecule has 1 atom stereocenters. The molecule has 4 heteroatoms. The van der Waals surface area contributed by atoms with Gasteiger partial charge in [0.05, 0.1) is 0 Å². The maximum atomic E-state index is 11.7. The van der Waals surface area contributed by atoms with Crippen molar-refractivity contribution in [1.29, 1.82) is 0 Å². The van der Waals surface area contributed by atoms with Gasteiger partial charge >= 0.3 is 0 Å². The summed E-state index contributed by atoms with van der Waals surface area (Å²) in [6, 6.07) is 10.7. The Kier molecular flexibility index (Phi) is 6.02. The average molecular weight is 276 g/mol. The van der Waals surface area contributed by atoms with Crippen LogP contribution in [0.15, 0.2) is 30.3 Å². The number of unbranched alkanes of at least 4 members (excludes halogenated alkanes) is 1. The van der Waals surface area contributed by atoms with Gasteiger partial charge in [0.2, 0.25) is 5.91 Å². The van der Waals surface area contributed by atoms with Crippen LogP contribution in [0, 0.1) is 0 Å². The third kappa shape index (κ3) is 4.94. The predicted octanol–water partition coefficient (Wildman–Crippen LogP) is 1.54. The van der Waals surface area contributed by atoms with Crippen LogP contribution in [0.4, 0.5) is 0 Å². The minimum Gasteiger partial charge on any atom is -0.396 e. The molecule has 0 aromatic heterocycles. The van der Waals surface area contributed by atoms with Crippen LogP contribution in [0.25, 0.3) is 0 Å². The lowest BCUT2D eigenvalue weighted by molar-refractivity contribution is -0.121. The molecule has 0 bridgehead atoms. The SMILES string of the molecule is O=C(CCCCO)NC1CCN(Cc2ccccc2)C1. The zero-order valence-electron chi connectivity index (χ0n) is 11.9. The number of rotatable bonds is 7. The van der Waals surface area contributed by atoms with Gasteiger partial charge in [-0.1, -0.05) is 30.3 Å². The van der Waals surface area contributed by atoms with Gasteiger partial charge < -0.3 is 10.4 Å². The molecule has 110 valence electrons. The molecule has 2 N–H and O–H groups in total. The van der Waals surface area contributed by atoms with Gasteiger partial charge in [-0.25, -0.2) is 0 Å². The van der Waals surface area contributed by atoms with E-state index >= 15 is 0 Å². The second kappa shape index (κ2) is 8.02. The van der Waals surface area contributed by atoms with E-state index in [4.69, 9.17) is 5.11 Å². The van der Waals surface area contributed by atoms with Crippen molar-refractivity contribution in [3.05, 3.63) is 35.9 Å². The number of hydrogen-bond donors (Lipinski definition) is 2. The molecule has 20 heavy (non-hydrogen) atoms. The molecule has 1 fully saturated rings. The molecule has 0 saturated carbocycles. The van der Waals surface area contributed by atoms with Gasteiger partial charge in [-0.15, -0.1) is 0 Å². The molecule has 0 spiro atoms. The van der Waals surface area contributed by atoms with Gasteiger partial charge in [0.1, 0.15) is 0 Å². The lowest BCUT2D eigenvalue weighted by Crippen LogP contribution is -2.36. The van der Waals surface area contributed by atoms with E-state index in [0.29, 0.717) is 12.8 Å². The van der Waals surface area contributed by atoms with Gasteiger partial charge in [0.25, 0.3) is 0 Å². The van der Waals surface area contributed by atoms with Crippen molar-refractivity contribution in [2.45, 2.75) is 38.3 Å². The lowest BCUT2D eigenvalue weighted by Gasteiger charge is -2.16. The molecule has 4 nitrogen and oxygen atoms in total. The number of aliphatic hydroxyl groups excluding tert-OH is 1. The summed E-state index contributed by atoms with van der Waals surface area (Å²) in [5.41, 5.74) is 1.32. The Bertz CT molecular complexity index is 408. The monoisotopic (exact) mass is 276 g/mol. The number of carbonyl (C=O) groups excluding carboxylic acids is 1. The molecule has 1 aliphatic heterocycles. The van der Waals surface area contributed by atoms with Crippen LogP contribution >= 0.6 is 0 Å². The Balaban J connectivity index is 1.68. The normalized spacial score (nSPS) is 19.1. The highest BCUT2D eigenvalue weighted by molar-refractivity contribution is 5.76. The summed E-state index contributed by atoms with van der Waals surface area (Å²) in [6.45, 7) is 3.09. The van der Waals surface area contributed by atoms with Crippen molar-refractivity contribution in [3.8, 4) is 0 Å². The first-order valence-corrected chi connectivity index (χ1v) is 7.44. The summed E-state index contributed by atoms with van der Waals surface area (Å²) in [7, 11) is 0. The molecule has 1 aromatic carbocycles. The fraction of sp³-hybridized carbons (Fsp3) is 0.562. The largest absolute Gasteiger partial charge is 0.396 e. The molecule has 1 aliphatic rings. The van der Waals surface area contributed by atoms with Crippen LogP contribution in [0.5, 0.6) is 0 Å². The quantitative estimate of drug-likeness (QED) is 0.743. The van der Waals surface area contributed by atoms with E-state index in [1.54, 1.807) is 0 Å². The minimum atomic E-state index is 0.116. The highest BCUT2D eigenvalue weighted by Crippen LogP contribution is 2.13. The Morgan fingerprint density at radius 1 is 1.30 bits per heavy atom. The maximum absolute atomic E-state index is 11.7. The average Bonchev–Trinajstić information content (AvgIpc) is 2.87. The van der Waals surface area contributed by atoms with Crippen molar-refractivity contribution < 1.29 is 9.90 Å². The summed E-state index contributed by atoms with van der Waals surface area (Å²) >= 11 is 0. The zero-order chi connectivity index (χ0) is 14.2. The van der Waals surface area contributed by atoms with E-state index < -0.39 is 0 Å². The summed E-state index contributed by atoms with van der Waals surface area (Å²) in [6.07, 6.45) is 3.02. The van der Waals surface area contributed by atoms with Gasteiger partial charge in [-0.3, -0.25) is 9.69 Å². The molecule has 1 heterocycles. The minimum absolute atomic E-state index is 0.116. The van der Waals surface area contributed by atoms with Gasteiger partial charge in [-0.05, 0) is 24.8 Å². The lowest BCUT2D eigenvalue weighted by atomic mass is 10.2. The number of nitrogens with zero attached hydrogens (tertiary/aromatic N) is 1. The van der Waals surface area contributed by atoms with Crippen molar-refractivity contribution >= 4 is 5.91 Å². The van der Waals surface area contributed by atoms with Crippen molar-refractivity contribution in [2.24, 2.45) is 0 Å². The van der Waals surface area contributed by atoms with E-state index in [2.05, 4.69) is 34.5 Å². The number of hydrogen-bond acceptors (Lipinski definition) is 3. The highest BCUT2D eigenvalue weighted by Gasteiger charge is 2.23. The van der Waals surface area contributed by atoms with Crippen LogP contribution in [-0.4, -0.2) is 41.7 Å². The van der Waals surface area contributed by atoms with E-state index in [0.717, 1.165) is 32.5 Å². The fourth-order valence-corrected chi connectivity index (χ4v) is 2.63. The smallest absolute Gasteiger partial charge is 0.220 e. The molecule has 2 rings (SSSR count). The fourth-order valence-electron chi connectivity index (χ4n) is 2.63. The summed E-state index contributed by atoms with van der Waals surface area (Å²) in [5, 5.41) is 11.8. The number of likely N-dealkylation sites (tertiary alicyclic amines) is 1. The van der Waals surface area contributed by atoms with Crippen molar-refractivity contribution in [2.75, 3.05) is 19.7 Å². The van der Waals surface area contributed by atoms with Crippen LogP contribution in [0.1, 0.15) is 31.2 Å². The summed E-state index contributed by atoms with van der Waals surface area (Å²) < 4.78 is 0. The Hall–Kier alpha value is -1.39. The van der Waals surface area contributed by atoms with Crippen molar-refractivity contribution in [3.63, 3.8) is 0 Å². The molecule has 1 amide bonds. The maximum Gasteiger partial charge on any atom is 0.220 e. The number of benzene rings is 1. The first-order valence-electron chi connectivity index (χ1n) is 7.44. The third-order valence-corrected chi connectivity index (χ3v) is 3.70. The molecule has 1 unspecified atom stereocenters. The first kappa shape index (κ1) is 15.0. The van der Waals surface area contributed by atoms with Gasteiger partial charge in [-0.2, -0.15) is 0 Å². The Labute approximate surface area is 120 Å². The number of amides is 1. The van der Waals surface area contributed by atoms with E-state index in [-0.39, 0.29) is 18.6 Å². The van der Waals surface area contributed by atoms with E-state index in [9.17, 15) is 4.79 Å². The number of carbonyl (C=O) groups is 1. The molecular weight excluding hydrogens is 252 g/mol. The second-order valence-corrected chi connectivity index (χ2v) is 5.45. The number of nitrogens with one attached hydrogen (secondary N) is 1. The molecule has 0 aliphatic carbocycles. The van der Waals surface area contributed by atoms with E-state index in [1.165, 1.54) is 5.56 Å².